The SMILES string of the molecule is COC(=O)C1COCCN1Cc1csc2ccccc12. The van der Waals surface area contributed by atoms with Crippen LogP contribution in [0, 0.1) is 0 Å². The standard InChI is InChI=1S/C15H17NO3S/c1-18-15(17)13-9-19-7-6-16(13)8-11-10-20-14-5-3-2-4-12(11)14/h2-5,10,13H,6-9H2,1H3. The zero-order valence-electron chi connectivity index (χ0n) is 11.4. The molecule has 106 valence electrons. The number of morpholine rings is 1. The minimum Gasteiger partial charge on any atom is -0.468 e. The Kier molecular flexibility index (Phi) is 4.00. The Labute approximate surface area is 121 Å². The molecule has 1 unspecified atom stereocenters. The fraction of sp³-hybridized carbons (Fsp3) is 0.400. The van der Waals surface area contributed by atoms with Crippen molar-refractivity contribution < 1.29 is 14.3 Å². The van der Waals surface area contributed by atoms with E-state index in [1.165, 1.54) is 22.8 Å². The van der Waals surface area contributed by atoms with Crippen LogP contribution in [-0.2, 0) is 20.8 Å². The molecule has 1 saturated heterocycles. The molecule has 0 spiro atoms. The van der Waals surface area contributed by atoms with Crippen molar-refractivity contribution in [3.63, 3.8) is 0 Å². The molecule has 5 heteroatoms. The molecular formula is C15H17NO3S. The summed E-state index contributed by atoms with van der Waals surface area (Å²) < 4.78 is 11.6. The third kappa shape index (κ3) is 2.57. The summed E-state index contributed by atoms with van der Waals surface area (Å²) in [5.41, 5.74) is 1.27. The van der Waals surface area contributed by atoms with Crippen LogP contribution in [0.1, 0.15) is 5.56 Å². The lowest BCUT2D eigenvalue weighted by molar-refractivity contribution is -0.153. The van der Waals surface area contributed by atoms with Gasteiger partial charge in [0.15, 0.2) is 0 Å². The number of hydrogen-bond donors (Lipinski definition) is 0. The van der Waals surface area contributed by atoms with Crippen molar-refractivity contribution in [3.05, 3.63) is 35.2 Å². The maximum atomic E-state index is 11.8. The highest BCUT2D eigenvalue weighted by molar-refractivity contribution is 7.17. The topological polar surface area (TPSA) is 38.8 Å². The first-order chi connectivity index (χ1) is 9.79. The van der Waals surface area contributed by atoms with E-state index in [1.807, 2.05) is 0 Å². The van der Waals surface area contributed by atoms with Crippen LogP contribution in [0.2, 0.25) is 0 Å². The Morgan fingerprint density at radius 1 is 1.50 bits per heavy atom. The molecule has 0 radical (unpaired) electrons. The fourth-order valence-electron chi connectivity index (χ4n) is 2.55. The van der Waals surface area contributed by atoms with Crippen molar-refractivity contribution in [1.82, 2.24) is 4.90 Å². The summed E-state index contributed by atoms with van der Waals surface area (Å²) in [7, 11) is 1.43. The van der Waals surface area contributed by atoms with Crippen LogP contribution in [0.25, 0.3) is 10.1 Å². The van der Waals surface area contributed by atoms with Crippen molar-refractivity contribution in [2.45, 2.75) is 12.6 Å². The molecular weight excluding hydrogens is 274 g/mol. The smallest absolute Gasteiger partial charge is 0.325 e. The number of esters is 1. The molecule has 1 atom stereocenters. The highest BCUT2D eigenvalue weighted by Gasteiger charge is 2.30. The normalized spacial score (nSPS) is 20.1. The predicted molar refractivity (Wildman–Crippen MR) is 78.9 cm³/mol. The van der Waals surface area contributed by atoms with E-state index in [4.69, 9.17) is 9.47 Å². The first-order valence-electron chi connectivity index (χ1n) is 6.64. The number of carbonyl (C=O) groups is 1. The van der Waals surface area contributed by atoms with E-state index in [-0.39, 0.29) is 12.0 Å². The van der Waals surface area contributed by atoms with Gasteiger partial charge in [0.25, 0.3) is 0 Å². The summed E-state index contributed by atoms with van der Waals surface area (Å²) in [6.45, 7) is 2.58. The molecule has 4 nitrogen and oxygen atoms in total. The van der Waals surface area contributed by atoms with E-state index in [2.05, 4.69) is 34.5 Å². The number of fused-ring (bicyclic) bond motifs is 1. The van der Waals surface area contributed by atoms with Crippen LogP contribution in [0.3, 0.4) is 0 Å². The summed E-state index contributed by atoms with van der Waals surface area (Å²) in [6, 6.07) is 8.06. The van der Waals surface area contributed by atoms with Crippen LogP contribution in [0.5, 0.6) is 0 Å². The van der Waals surface area contributed by atoms with Crippen molar-refractivity contribution >= 4 is 27.4 Å². The largest absolute Gasteiger partial charge is 0.468 e. The summed E-state index contributed by atoms with van der Waals surface area (Å²) in [4.78, 5) is 14.0. The van der Waals surface area contributed by atoms with Crippen LogP contribution >= 0.6 is 11.3 Å². The van der Waals surface area contributed by atoms with Gasteiger partial charge in [-0.2, -0.15) is 0 Å². The van der Waals surface area contributed by atoms with E-state index in [1.54, 1.807) is 11.3 Å². The number of methoxy groups -OCH3 is 1. The van der Waals surface area contributed by atoms with Gasteiger partial charge in [-0.1, -0.05) is 18.2 Å². The molecule has 0 aliphatic carbocycles. The van der Waals surface area contributed by atoms with E-state index in [9.17, 15) is 4.79 Å². The summed E-state index contributed by atoms with van der Waals surface area (Å²) in [5.74, 6) is -0.218. The number of ether oxygens (including phenoxy) is 2. The van der Waals surface area contributed by atoms with Gasteiger partial charge in [-0.25, -0.2) is 0 Å². The number of nitrogens with zero attached hydrogens (tertiary/aromatic N) is 1. The lowest BCUT2D eigenvalue weighted by Gasteiger charge is -2.33. The summed E-state index contributed by atoms with van der Waals surface area (Å²) >= 11 is 1.74. The second-order valence-corrected chi connectivity index (χ2v) is 5.75. The van der Waals surface area contributed by atoms with Gasteiger partial charge < -0.3 is 9.47 Å². The third-order valence-electron chi connectivity index (χ3n) is 3.65. The minimum absolute atomic E-state index is 0.218. The third-order valence-corrected chi connectivity index (χ3v) is 4.66. The maximum Gasteiger partial charge on any atom is 0.325 e. The molecule has 0 N–H and O–H groups in total. The van der Waals surface area contributed by atoms with Crippen LogP contribution in [-0.4, -0.2) is 43.8 Å². The van der Waals surface area contributed by atoms with Gasteiger partial charge in [0, 0.05) is 17.8 Å². The van der Waals surface area contributed by atoms with Gasteiger partial charge in [0.2, 0.25) is 0 Å². The minimum atomic E-state index is -0.299. The van der Waals surface area contributed by atoms with Gasteiger partial charge >= 0.3 is 5.97 Å². The molecule has 1 aliphatic heterocycles. The van der Waals surface area contributed by atoms with Crippen LogP contribution in [0.15, 0.2) is 29.6 Å². The Bertz CT molecular complexity index is 610. The van der Waals surface area contributed by atoms with E-state index in [0.29, 0.717) is 13.2 Å². The van der Waals surface area contributed by atoms with Gasteiger partial charge in [0.1, 0.15) is 6.04 Å². The van der Waals surface area contributed by atoms with Crippen molar-refractivity contribution in [1.29, 1.82) is 0 Å². The zero-order valence-corrected chi connectivity index (χ0v) is 12.2. The molecule has 0 bridgehead atoms. The van der Waals surface area contributed by atoms with Gasteiger partial charge in [-0.05, 0) is 22.4 Å². The molecule has 1 aromatic carbocycles. The molecule has 3 rings (SSSR count). The maximum absolute atomic E-state index is 11.8. The lowest BCUT2D eigenvalue weighted by atomic mass is 10.1. The summed E-state index contributed by atoms with van der Waals surface area (Å²) in [5, 5.41) is 3.45. The molecule has 1 fully saturated rings. The van der Waals surface area contributed by atoms with Crippen LogP contribution in [0.4, 0.5) is 0 Å². The number of rotatable bonds is 3. The Hall–Kier alpha value is -1.43. The fourth-order valence-corrected chi connectivity index (χ4v) is 3.51. The van der Waals surface area contributed by atoms with Crippen molar-refractivity contribution in [2.24, 2.45) is 0 Å². The second kappa shape index (κ2) is 5.91. The average Bonchev–Trinajstić information content (AvgIpc) is 2.90. The second-order valence-electron chi connectivity index (χ2n) is 4.84. The predicted octanol–water partition coefficient (Wildman–Crippen LogP) is 2.28. The molecule has 0 saturated carbocycles. The van der Waals surface area contributed by atoms with E-state index < -0.39 is 0 Å². The van der Waals surface area contributed by atoms with Gasteiger partial charge in [0.05, 0.1) is 20.3 Å². The highest BCUT2D eigenvalue weighted by Crippen LogP contribution is 2.27. The van der Waals surface area contributed by atoms with Gasteiger partial charge in [-0.15, -0.1) is 11.3 Å². The monoisotopic (exact) mass is 291 g/mol. The molecule has 1 aromatic heterocycles. The molecule has 2 heterocycles. The van der Waals surface area contributed by atoms with Gasteiger partial charge in [-0.3, -0.25) is 9.69 Å². The first kappa shape index (κ1) is 13.5. The Balaban J connectivity index is 1.83. The number of thiophene rings is 1. The average molecular weight is 291 g/mol. The zero-order chi connectivity index (χ0) is 13.9. The molecule has 0 amide bonds. The van der Waals surface area contributed by atoms with E-state index >= 15 is 0 Å². The number of benzene rings is 1. The molecule has 2 aromatic rings. The number of carbonyl (C=O) groups excluding carboxylic acids is 1. The van der Waals surface area contributed by atoms with E-state index in [0.717, 1.165) is 13.1 Å². The Morgan fingerprint density at radius 3 is 3.20 bits per heavy atom. The number of hydrogen-bond acceptors (Lipinski definition) is 5. The van der Waals surface area contributed by atoms with Crippen molar-refractivity contribution in [2.75, 3.05) is 26.9 Å². The van der Waals surface area contributed by atoms with Crippen molar-refractivity contribution in [3.8, 4) is 0 Å². The molecule has 1 aliphatic rings. The highest BCUT2D eigenvalue weighted by atomic mass is 32.1. The summed E-state index contributed by atoms with van der Waals surface area (Å²) in [6.07, 6.45) is 0. The van der Waals surface area contributed by atoms with Crippen LogP contribution < -0.4 is 0 Å². The molecule has 20 heavy (non-hydrogen) atoms. The first-order valence-corrected chi connectivity index (χ1v) is 7.52. The lowest BCUT2D eigenvalue weighted by Crippen LogP contribution is -2.49. The Morgan fingerprint density at radius 2 is 2.35 bits per heavy atom. The quantitative estimate of drug-likeness (QED) is 0.813.